The van der Waals surface area contributed by atoms with Crippen LogP contribution in [0, 0.1) is 6.92 Å². The van der Waals surface area contributed by atoms with Gasteiger partial charge in [-0.25, -0.2) is 9.97 Å². The molecule has 1 aliphatic rings. The van der Waals surface area contributed by atoms with E-state index in [0.717, 1.165) is 34.6 Å². The van der Waals surface area contributed by atoms with Crippen LogP contribution in [0.4, 0.5) is 17.3 Å². The molecule has 1 atom stereocenters. The Morgan fingerprint density at radius 2 is 1.94 bits per heavy atom. The number of carbonyl (C=O) groups is 1. The van der Waals surface area contributed by atoms with E-state index in [0.29, 0.717) is 18.8 Å². The fourth-order valence-electron chi connectivity index (χ4n) is 3.64. The molecule has 0 bridgehead atoms. The monoisotopic (exact) mass is 476 g/mol. The first-order chi connectivity index (χ1) is 14.5. The SMILES string of the molecule is CCc1ccccc1Nc1ncc2n(c1=O)[C@H](C(=O)NCc1ccc(N)nc1C)C2.Cl.Cl. The quantitative estimate of drug-likeness (QED) is 0.503. The predicted octanol–water partition coefficient (Wildman–Crippen LogP) is 3.09. The Labute approximate surface area is 198 Å². The van der Waals surface area contributed by atoms with Crippen molar-refractivity contribution in [3.8, 4) is 0 Å². The fraction of sp³-hybridized carbons (Fsp3) is 0.273. The summed E-state index contributed by atoms with van der Waals surface area (Å²) in [6.45, 7) is 4.23. The number of pyridine rings is 1. The van der Waals surface area contributed by atoms with E-state index in [1.807, 2.05) is 37.3 Å². The summed E-state index contributed by atoms with van der Waals surface area (Å²) in [6.07, 6.45) is 2.97. The minimum Gasteiger partial charge on any atom is -0.384 e. The number of hydrogen-bond donors (Lipinski definition) is 3. The number of amides is 1. The molecule has 0 saturated heterocycles. The van der Waals surface area contributed by atoms with Gasteiger partial charge < -0.3 is 16.4 Å². The molecule has 4 N–H and O–H groups in total. The molecule has 4 rings (SSSR count). The third kappa shape index (κ3) is 4.87. The Morgan fingerprint density at radius 3 is 2.66 bits per heavy atom. The molecule has 1 aliphatic heterocycles. The van der Waals surface area contributed by atoms with Crippen molar-refractivity contribution in [1.29, 1.82) is 0 Å². The third-order valence-electron chi connectivity index (χ3n) is 5.41. The Kier molecular flexibility index (Phi) is 8.24. The van der Waals surface area contributed by atoms with E-state index in [1.54, 1.807) is 12.3 Å². The van der Waals surface area contributed by atoms with E-state index in [-0.39, 0.29) is 42.1 Å². The lowest BCUT2D eigenvalue weighted by Gasteiger charge is -2.31. The Bertz CT molecular complexity index is 1180. The summed E-state index contributed by atoms with van der Waals surface area (Å²) in [4.78, 5) is 34.1. The number of rotatable bonds is 6. The lowest BCUT2D eigenvalue weighted by molar-refractivity contribution is -0.125. The minimum absolute atomic E-state index is 0. The number of nitrogens with zero attached hydrogens (tertiary/aromatic N) is 3. The molecule has 0 unspecified atom stereocenters. The fourth-order valence-corrected chi connectivity index (χ4v) is 3.64. The highest BCUT2D eigenvalue weighted by Crippen LogP contribution is 2.26. The van der Waals surface area contributed by atoms with Gasteiger partial charge >= 0.3 is 0 Å². The Hall–Kier alpha value is -3.10. The third-order valence-corrected chi connectivity index (χ3v) is 5.41. The number of nitrogen functional groups attached to an aromatic ring is 1. The highest BCUT2D eigenvalue weighted by Gasteiger charge is 2.34. The van der Waals surface area contributed by atoms with E-state index < -0.39 is 6.04 Å². The number of hydrogen-bond acceptors (Lipinski definition) is 6. The summed E-state index contributed by atoms with van der Waals surface area (Å²) in [6, 6.07) is 10.8. The molecule has 10 heteroatoms. The molecule has 3 heterocycles. The number of aromatic nitrogens is 3. The second kappa shape index (κ2) is 10.5. The van der Waals surface area contributed by atoms with Crippen LogP contribution in [-0.4, -0.2) is 20.4 Å². The maximum atomic E-state index is 13.0. The zero-order valence-corrected chi connectivity index (χ0v) is 19.4. The van der Waals surface area contributed by atoms with E-state index in [4.69, 9.17) is 5.73 Å². The van der Waals surface area contributed by atoms with Gasteiger partial charge in [-0.1, -0.05) is 31.2 Å². The standard InChI is InChI=1S/C22H24N6O2.2ClH/c1-3-14-6-4-5-7-17(14)27-20-22(30)28-16(12-24-20)10-18(28)21(29)25-11-15-8-9-19(23)26-13(15)2;;/h4-9,12,18H,3,10-11H2,1-2H3,(H2,23,26)(H,24,27)(H,25,29);2*1H/t18-;;/m0../s1. The van der Waals surface area contributed by atoms with Gasteiger partial charge in [0, 0.05) is 36.2 Å². The van der Waals surface area contributed by atoms with Crippen LogP contribution in [-0.2, 0) is 24.2 Å². The first kappa shape index (κ1) is 25.2. The van der Waals surface area contributed by atoms with Crippen molar-refractivity contribution in [3.63, 3.8) is 0 Å². The van der Waals surface area contributed by atoms with Gasteiger partial charge in [0.15, 0.2) is 5.82 Å². The highest BCUT2D eigenvalue weighted by molar-refractivity contribution is 5.85. The van der Waals surface area contributed by atoms with E-state index in [2.05, 4.69) is 27.5 Å². The first-order valence-corrected chi connectivity index (χ1v) is 9.93. The molecule has 0 fully saturated rings. The van der Waals surface area contributed by atoms with Crippen LogP contribution in [0.25, 0.3) is 0 Å². The average Bonchev–Trinajstić information content (AvgIpc) is 2.70. The van der Waals surface area contributed by atoms with Crippen molar-refractivity contribution in [1.82, 2.24) is 19.9 Å². The molecule has 32 heavy (non-hydrogen) atoms. The normalized spacial score (nSPS) is 13.6. The molecule has 1 aromatic carbocycles. The number of fused-ring (bicyclic) bond motifs is 1. The zero-order chi connectivity index (χ0) is 21.3. The van der Waals surface area contributed by atoms with Crippen molar-refractivity contribution < 1.29 is 4.79 Å². The second-order valence-corrected chi connectivity index (χ2v) is 7.33. The second-order valence-electron chi connectivity index (χ2n) is 7.33. The Balaban J connectivity index is 0.00000181. The summed E-state index contributed by atoms with van der Waals surface area (Å²) >= 11 is 0. The summed E-state index contributed by atoms with van der Waals surface area (Å²) in [5, 5.41) is 6.02. The van der Waals surface area contributed by atoms with Crippen molar-refractivity contribution >= 4 is 48.0 Å². The predicted molar refractivity (Wildman–Crippen MR) is 130 cm³/mol. The molecular formula is C22H26Cl2N6O2. The van der Waals surface area contributed by atoms with Crippen LogP contribution in [0.3, 0.4) is 0 Å². The van der Waals surface area contributed by atoms with Crippen LogP contribution in [0.1, 0.15) is 35.5 Å². The number of para-hydroxylation sites is 1. The van der Waals surface area contributed by atoms with Gasteiger partial charge in [0.05, 0.1) is 0 Å². The van der Waals surface area contributed by atoms with Gasteiger partial charge in [0.2, 0.25) is 5.91 Å². The average molecular weight is 477 g/mol. The van der Waals surface area contributed by atoms with Crippen LogP contribution in [0.5, 0.6) is 0 Å². The summed E-state index contributed by atoms with van der Waals surface area (Å²) in [7, 11) is 0. The number of anilines is 3. The summed E-state index contributed by atoms with van der Waals surface area (Å²) < 4.78 is 1.51. The van der Waals surface area contributed by atoms with Gasteiger partial charge in [0.25, 0.3) is 5.56 Å². The molecule has 8 nitrogen and oxygen atoms in total. The van der Waals surface area contributed by atoms with E-state index in [1.165, 1.54) is 4.57 Å². The number of benzene rings is 1. The highest BCUT2D eigenvalue weighted by atomic mass is 35.5. The number of carbonyl (C=O) groups excluding carboxylic acids is 1. The lowest BCUT2D eigenvalue weighted by atomic mass is 10.0. The number of aryl methyl sites for hydroxylation is 2. The molecule has 0 spiro atoms. The lowest BCUT2D eigenvalue weighted by Crippen LogP contribution is -2.46. The van der Waals surface area contributed by atoms with Gasteiger partial charge in [-0.05, 0) is 36.6 Å². The largest absolute Gasteiger partial charge is 0.384 e. The molecule has 3 aromatic rings. The maximum absolute atomic E-state index is 13.0. The van der Waals surface area contributed by atoms with Gasteiger partial charge in [-0.3, -0.25) is 14.2 Å². The first-order valence-electron chi connectivity index (χ1n) is 9.93. The number of nitrogens with one attached hydrogen (secondary N) is 2. The minimum atomic E-state index is -0.542. The molecule has 0 saturated carbocycles. The van der Waals surface area contributed by atoms with Crippen molar-refractivity contribution in [2.75, 3.05) is 11.1 Å². The van der Waals surface area contributed by atoms with Crippen LogP contribution in [0.15, 0.2) is 47.4 Å². The van der Waals surface area contributed by atoms with Crippen molar-refractivity contribution in [2.24, 2.45) is 0 Å². The Morgan fingerprint density at radius 1 is 1.19 bits per heavy atom. The topological polar surface area (TPSA) is 115 Å². The van der Waals surface area contributed by atoms with E-state index >= 15 is 0 Å². The van der Waals surface area contributed by atoms with E-state index in [9.17, 15) is 9.59 Å². The molecule has 0 aliphatic carbocycles. The maximum Gasteiger partial charge on any atom is 0.294 e. The number of halogens is 2. The summed E-state index contributed by atoms with van der Waals surface area (Å²) in [5.41, 5.74) is 9.72. The van der Waals surface area contributed by atoms with Crippen LogP contribution < -0.4 is 21.9 Å². The molecular weight excluding hydrogens is 451 g/mol. The van der Waals surface area contributed by atoms with Crippen molar-refractivity contribution in [3.05, 3.63) is 75.5 Å². The van der Waals surface area contributed by atoms with Gasteiger partial charge in [-0.15, -0.1) is 24.8 Å². The number of nitrogens with two attached hydrogens (primary N) is 1. The van der Waals surface area contributed by atoms with Gasteiger partial charge in [-0.2, -0.15) is 0 Å². The molecule has 0 radical (unpaired) electrons. The van der Waals surface area contributed by atoms with Crippen molar-refractivity contribution in [2.45, 2.75) is 39.3 Å². The van der Waals surface area contributed by atoms with Crippen LogP contribution >= 0.6 is 24.8 Å². The van der Waals surface area contributed by atoms with Gasteiger partial charge in [0.1, 0.15) is 11.9 Å². The van der Waals surface area contributed by atoms with Crippen LogP contribution in [0.2, 0.25) is 0 Å². The molecule has 2 aromatic heterocycles. The molecule has 1 amide bonds. The zero-order valence-electron chi connectivity index (χ0n) is 17.8. The molecule has 170 valence electrons. The summed E-state index contributed by atoms with van der Waals surface area (Å²) in [5.74, 6) is 0.460. The smallest absolute Gasteiger partial charge is 0.294 e.